The number of benzene rings is 1. The van der Waals surface area contributed by atoms with Gasteiger partial charge in [0.2, 0.25) is 0 Å². The molecule has 1 unspecified atom stereocenters. The minimum absolute atomic E-state index is 0.410. The van der Waals surface area contributed by atoms with Gasteiger partial charge in [-0.2, -0.15) is 5.26 Å². The van der Waals surface area contributed by atoms with Crippen LogP contribution < -0.4 is 5.73 Å². The summed E-state index contributed by atoms with van der Waals surface area (Å²) in [6.07, 6.45) is 0.410. The first-order valence-corrected chi connectivity index (χ1v) is 5.39. The molecule has 5 heteroatoms. The van der Waals surface area contributed by atoms with Crippen LogP contribution in [0.3, 0.4) is 0 Å². The minimum atomic E-state index is -0.563. The first-order valence-electron chi connectivity index (χ1n) is 4.60. The lowest BCUT2D eigenvalue weighted by Gasteiger charge is -2.07. The highest BCUT2D eigenvalue weighted by atomic mass is 79.9. The number of rotatable bonds is 3. The molecule has 0 saturated carbocycles. The smallest absolute Gasteiger partial charge is 0.339 e. The number of nitrogens with zero attached hydrogens (tertiary/aromatic N) is 1. The lowest BCUT2D eigenvalue weighted by molar-refractivity contribution is 0.0599. The molecule has 0 heterocycles. The van der Waals surface area contributed by atoms with Gasteiger partial charge >= 0.3 is 5.97 Å². The second kappa shape index (κ2) is 5.64. The predicted octanol–water partition coefficient (Wildman–Crippen LogP) is 1.63. The Balaban J connectivity index is 2.99. The molecule has 0 spiro atoms. The molecule has 0 saturated heterocycles. The fraction of sp³-hybridized carbons (Fsp3) is 0.273. The van der Waals surface area contributed by atoms with Crippen LogP contribution in [0.4, 0.5) is 0 Å². The van der Waals surface area contributed by atoms with Gasteiger partial charge < -0.3 is 10.5 Å². The zero-order chi connectivity index (χ0) is 12.1. The van der Waals surface area contributed by atoms with Crippen LogP contribution in [0.5, 0.6) is 0 Å². The van der Waals surface area contributed by atoms with Crippen LogP contribution in [-0.4, -0.2) is 19.1 Å². The van der Waals surface area contributed by atoms with E-state index in [0.29, 0.717) is 16.5 Å². The molecule has 1 aromatic carbocycles. The van der Waals surface area contributed by atoms with Gasteiger partial charge in [0.05, 0.1) is 24.8 Å². The van der Waals surface area contributed by atoms with Crippen LogP contribution in [0.15, 0.2) is 22.7 Å². The van der Waals surface area contributed by atoms with Crippen molar-refractivity contribution in [3.05, 3.63) is 33.8 Å². The molecule has 0 bridgehead atoms. The van der Waals surface area contributed by atoms with Crippen molar-refractivity contribution in [3.8, 4) is 6.07 Å². The van der Waals surface area contributed by atoms with Gasteiger partial charge in [-0.15, -0.1) is 0 Å². The average Bonchev–Trinajstić information content (AvgIpc) is 2.30. The van der Waals surface area contributed by atoms with Crippen LogP contribution in [0, 0.1) is 11.3 Å². The van der Waals surface area contributed by atoms with Gasteiger partial charge in [-0.25, -0.2) is 4.79 Å². The van der Waals surface area contributed by atoms with Crippen LogP contribution in [0.2, 0.25) is 0 Å². The number of halogens is 1. The summed E-state index contributed by atoms with van der Waals surface area (Å²) in [7, 11) is 1.32. The Kier molecular flexibility index (Phi) is 4.47. The Morgan fingerprint density at radius 1 is 1.69 bits per heavy atom. The number of carbonyl (C=O) groups excluding carboxylic acids is 1. The number of hydrogen-bond donors (Lipinski definition) is 1. The monoisotopic (exact) mass is 282 g/mol. The average molecular weight is 283 g/mol. The summed E-state index contributed by atoms with van der Waals surface area (Å²) in [5, 5.41) is 8.60. The van der Waals surface area contributed by atoms with Crippen LogP contribution >= 0.6 is 15.9 Å². The fourth-order valence-corrected chi connectivity index (χ4v) is 1.67. The highest BCUT2D eigenvalue weighted by Gasteiger charge is 2.12. The number of methoxy groups -OCH3 is 1. The third kappa shape index (κ3) is 3.05. The molecule has 2 N–H and O–H groups in total. The van der Waals surface area contributed by atoms with E-state index in [9.17, 15) is 4.79 Å². The molecule has 84 valence electrons. The number of hydrogen-bond acceptors (Lipinski definition) is 4. The molecule has 0 aromatic heterocycles. The molecule has 16 heavy (non-hydrogen) atoms. The summed E-state index contributed by atoms with van der Waals surface area (Å²) in [5.41, 5.74) is 6.78. The van der Waals surface area contributed by atoms with Crippen LogP contribution in [-0.2, 0) is 11.2 Å². The molecule has 4 nitrogen and oxygen atoms in total. The van der Waals surface area contributed by atoms with E-state index in [4.69, 9.17) is 11.0 Å². The Labute approximate surface area is 102 Å². The Morgan fingerprint density at radius 2 is 2.38 bits per heavy atom. The maximum absolute atomic E-state index is 11.4. The van der Waals surface area contributed by atoms with Crippen molar-refractivity contribution in [2.24, 2.45) is 5.73 Å². The second-order valence-electron chi connectivity index (χ2n) is 3.25. The molecule has 0 amide bonds. The summed E-state index contributed by atoms with van der Waals surface area (Å²) in [6, 6.07) is 6.61. The topological polar surface area (TPSA) is 76.1 Å². The zero-order valence-corrected chi connectivity index (χ0v) is 10.3. The first kappa shape index (κ1) is 12.7. The van der Waals surface area contributed by atoms with Crippen molar-refractivity contribution in [1.29, 1.82) is 5.26 Å². The number of carbonyl (C=O) groups is 1. The highest BCUT2D eigenvalue weighted by Crippen LogP contribution is 2.19. The summed E-state index contributed by atoms with van der Waals surface area (Å²) in [5.74, 6) is -0.417. The van der Waals surface area contributed by atoms with E-state index in [-0.39, 0.29) is 0 Å². The van der Waals surface area contributed by atoms with E-state index in [0.717, 1.165) is 5.56 Å². The lowest BCUT2D eigenvalue weighted by atomic mass is 10.0. The van der Waals surface area contributed by atoms with Crippen molar-refractivity contribution >= 4 is 21.9 Å². The van der Waals surface area contributed by atoms with Crippen LogP contribution in [0.1, 0.15) is 15.9 Å². The van der Waals surface area contributed by atoms with Gasteiger partial charge in [0.1, 0.15) is 0 Å². The second-order valence-corrected chi connectivity index (χ2v) is 4.10. The normalized spacial score (nSPS) is 11.6. The van der Waals surface area contributed by atoms with Crippen molar-refractivity contribution < 1.29 is 9.53 Å². The molecule has 0 aliphatic carbocycles. The van der Waals surface area contributed by atoms with Gasteiger partial charge in [-0.1, -0.05) is 6.07 Å². The quantitative estimate of drug-likeness (QED) is 0.855. The molecule has 0 aliphatic heterocycles. The number of esters is 1. The van der Waals surface area contributed by atoms with E-state index in [1.807, 2.05) is 12.1 Å². The maximum Gasteiger partial charge on any atom is 0.339 e. The van der Waals surface area contributed by atoms with E-state index in [1.165, 1.54) is 7.11 Å². The third-order valence-electron chi connectivity index (χ3n) is 2.06. The molecule has 0 aliphatic rings. The van der Waals surface area contributed by atoms with Gasteiger partial charge in [0.15, 0.2) is 0 Å². The Morgan fingerprint density at radius 3 is 2.94 bits per heavy atom. The van der Waals surface area contributed by atoms with Gasteiger partial charge in [0, 0.05) is 10.9 Å². The summed E-state index contributed by atoms with van der Waals surface area (Å²) < 4.78 is 5.30. The van der Waals surface area contributed by atoms with Gasteiger partial charge in [-0.3, -0.25) is 0 Å². The van der Waals surface area contributed by atoms with Crippen molar-refractivity contribution in [2.45, 2.75) is 12.5 Å². The predicted molar refractivity (Wildman–Crippen MR) is 62.8 cm³/mol. The van der Waals surface area contributed by atoms with Crippen molar-refractivity contribution in [1.82, 2.24) is 0 Å². The fourth-order valence-electron chi connectivity index (χ4n) is 1.27. The Bertz CT molecular complexity index is 440. The number of nitriles is 1. The molecular weight excluding hydrogens is 272 g/mol. The van der Waals surface area contributed by atoms with Gasteiger partial charge in [-0.05, 0) is 33.6 Å². The standard InChI is InChI=1S/C11H11BrN2O2/c1-16-11(15)9-5-7(2-3-10(9)12)4-8(14)6-13/h2-3,5,8H,4,14H2,1H3. The summed E-state index contributed by atoms with van der Waals surface area (Å²) in [4.78, 5) is 11.4. The highest BCUT2D eigenvalue weighted by molar-refractivity contribution is 9.10. The molecular formula is C11H11BrN2O2. The SMILES string of the molecule is COC(=O)c1cc(CC(N)C#N)ccc1Br. The lowest BCUT2D eigenvalue weighted by Crippen LogP contribution is -2.20. The number of ether oxygens (including phenoxy) is 1. The maximum atomic E-state index is 11.4. The molecule has 0 fully saturated rings. The van der Waals surface area contributed by atoms with Gasteiger partial charge in [0.25, 0.3) is 0 Å². The van der Waals surface area contributed by atoms with E-state index < -0.39 is 12.0 Å². The van der Waals surface area contributed by atoms with Crippen molar-refractivity contribution in [2.75, 3.05) is 7.11 Å². The molecule has 1 rings (SSSR count). The zero-order valence-electron chi connectivity index (χ0n) is 8.74. The Hall–Kier alpha value is -1.38. The number of nitrogens with two attached hydrogens (primary N) is 1. The van der Waals surface area contributed by atoms with Crippen molar-refractivity contribution in [3.63, 3.8) is 0 Å². The first-order chi connectivity index (χ1) is 7.58. The molecule has 0 radical (unpaired) electrons. The van der Waals surface area contributed by atoms with Crippen LogP contribution in [0.25, 0.3) is 0 Å². The van der Waals surface area contributed by atoms with E-state index in [2.05, 4.69) is 20.7 Å². The van der Waals surface area contributed by atoms with E-state index >= 15 is 0 Å². The third-order valence-corrected chi connectivity index (χ3v) is 2.75. The summed E-state index contributed by atoms with van der Waals surface area (Å²) >= 11 is 3.26. The largest absolute Gasteiger partial charge is 0.465 e. The summed E-state index contributed by atoms with van der Waals surface area (Å²) in [6.45, 7) is 0. The molecule has 1 aromatic rings. The van der Waals surface area contributed by atoms with E-state index in [1.54, 1.807) is 12.1 Å². The molecule has 1 atom stereocenters. The minimum Gasteiger partial charge on any atom is -0.465 e.